The standard InChI is InChI=1S/C23H32BNO3/c1-21(2)16-26-14-13-25(21)15-17-11-12-20(19-10-8-7-9-18(17)19)24-27-22(3,4)23(5,6)28-24/h7-12H,13-16H2,1-6H3. The third-order valence-corrected chi connectivity index (χ3v) is 6.73. The van der Waals surface area contributed by atoms with Crippen molar-refractivity contribution in [2.75, 3.05) is 19.8 Å². The second kappa shape index (κ2) is 6.84. The lowest BCUT2D eigenvalue weighted by atomic mass is 9.75. The zero-order valence-corrected chi connectivity index (χ0v) is 18.0. The minimum atomic E-state index is -0.344. The minimum absolute atomic E-state index is 0.0454. The van der Waals surface area contributed by atoms with Gasteiger partial charge in [0.25, 0.3) is 0 Å². The molecule has 4 rings (SSSR count). The second-order valence-electron chi connectivity index (χ2n) is 9.73. The summed E-state index contributed by atoms with van der Waals surface area (Å²) in [5.74, 6) is 0. The van der Waals surface area contributed by atoms with E-state index in [1.807, 2.05) is 0 Å². The van der Waals surface area contributed by atoms with Crippen LogP contribution < -0.4 is 5.46 Å². The summed E-state index contributed by atoms with van der Waals surface area (Å²) < 4.78 is 18.4. The van der Waals surface area contributed by atoms with Crippen LogP contribution in [0.1, 0.15) is 47.1 Å². The molecule has 0 radical (unpaired) electrons. The van der Waals surface area contributed by atoms with Crippen molar-refractivity contribution in [2.45, 2.75) is 64.8 Å². The predicted molar refractivity (Wildman–Crippen MR) is 115 cm³/mol. The maximum absolute atomic E-state index is 6.33. The Kier molecular flexibility index (Phi) is 4.86. The third-order valence-electron chi connectivity index (χ3n) is 6.73. The molecule has 2 aromatic carbocycles. The number of morpholine rings is 1. The highest BCUT2D eigenvalue weighted by Gasteiger charge is 2.52. The van der Waals surface area contributed by atoms with Crippen molar-refractivity contribution in [3.8, 4) is 0 Å². The Labute approximate surface area is 169 Å². The lowest BCUT2D eigenvalue weighted by Gasteiger charge is -2.42. The maximum atomic E-state index is 6.33. The van der Waals surface area contributed by atoms with E-state index in [-0.39, 0.29) is 23.9 Å². The summed E-state index contributed by atoms with van der Waals surface area (Å²) in [6, 6.07) is 13.0. The van der Waals surface area contributed by atoms with Gasteiger partial charge in [0.05, 0.1) is 24.4 Å². The van der Waals surface area contributed by atoms with Gasteiger partial charge in [0.1, 0.15) is 0 Å². The summed E-state index contributed by atoms with van der Waals surface area (Å²) in [6.07, 6.45) is 0. The smallest absolute Gasteiger partial charge is 0.399 e. The molecule has 2 fully saturated rings. The summed E-state index contributed by atoms with van der Waals surface area (Å²) in [4.78, 5) is 2.52. The van der Waals surface area contributed by atoms with Crippen LogP contribution in [0, 0.1) is 0 Å². The van der Waals surface area contributed by atoms with Crippen LogP contribution >= 0.6 is 0 Å². The van der Waals surface area contributed by atoms with Crippen molar-refractivity contribution in [3.05, 3.63) is 42.0 Å². The zero-order chi connectivity index (χ0) is 20.2. The lowest BCUT2D eigenvalue weighted by molar-refractivity contribution is -0.0551. The second-order valence-corrected chi connectivity index (χ2v) is 9.73. The molecule has 4 nitrogen and oxygen atoms in total. The van der Waals surface area contributed by atoms with Gasteiger partial charge in [-0.05, 0) is 63.3 Å². The van der Waals surface area contributed by atoms with Gasteiger partial charge < -0.3 is 14.0 Å². The van der Waals surface area contributed by atoms with Gasteiger partial charge >= 0.3 is 7.12 Å². The summed E-state index contributed by atoms with van der Waals surface area (Å²) in [7, 11) is -0.344. The molecule has 2 aromatic rings. The largest absolute Gasteiger partial charge is 0.495 e. The highest BCUT2D eigenvalue weighted by atomic mass is 16.7. The molecule has 0 aliphatic carbocycles. The monoisotopic (exact) mass is 381 g/mol. The van der Waals surface area contributed by atoms with Crippen LogP contribution in [0.15, 0.2) is 36.4 Å². The molecule has 150 valence electrons. The molecule has 0 unspecified atom stereocenters. The Bertz CT molecular complexity index is 861. The van der Waals surface area contributed by atoms with Crippen molar-refractivity contribution in [2.24, 2.45) is 0 Å². The Morgan fingerprint density at radius 2 is 1.54 bits per heavy atom. The van der Waals surface area contributed by atoms with Gasteiger partial charge in [-0.1, -0.05) is 36.4 Å². The first-order chi connectivity index (χ1) is 13.1. The molecular weight excluding hydrogens is 349 g/mol. The highest BCUT2D eigenvalue weighted by molar-refractivity contribution is 6.65. The van der Waals surface area contributed by atoms with E-state index in [0.29, 0.717) is 0 Å². The van der Waals surface area contributed by atoms with Gasteiger partial charge in [0, 0.05) is 18.6 Å². The van der Waals surface area contributed by atoms with E-state index in [2.05, 4.69) is 82.8 Å². The van der Waals surface area contributed by atoms with Crippen molar-refractivity contribution >= 4 is 23.4 Å². The van der Waals surface area contributed by atoms with Crippen LogP contribution in [0.2, 0.25) is 0 Å². The fourth-order valence-corrected chi connectivity index (χ4v) is 4.09. The normalized spacial score (nSPS) is 24.0. The fourth-order valence-electron chi connectivity index (χ4n) is 4.09. The molecule has 0 N–H and O–H groups in total. The Morgan fingerprint density at radius 1 is 0.893 bits per heavy atom. The molecule has 0 amide bonds. The Hall–Kier alpha value is -1.40. The Balaban J connectivity index is 1.70. The van der Waals surface area contributed by atoms with Gasteiger partial charge in [-0.15, -0.1) is 0 Å². The SMILES string of the molecule is CC1(C)COCCN1Cc1ccc(B2OC(C)(C)C(C)(C)O2)c2ccccc12. The molecule has 0 spiro atoms. The average molecular weight is 381 g/mol. The van der Waals surface area contributed by atoms with Gasteiger partial charge in [-0.2, -0.15) is 0 Å². The molecule has 5 heteroatoms. The predicted octanol–water partition coefficient (Wildman–Crippen LogP) is 3.75. The molecule has 0 bridgehead atoms. The van der Waals surface area contributed by atoms with E-state index in [1.54, 1.807) is 0 Å². The summed E-state index contributed by atoms with van der Waals surface area (Å²) in [5, 5.41) is 2.49. The molecule has 2 aliphatic rings. The summed E-state index contributed by atoms with van der Waals surface area (Å²) >= 11 is 0. The van der Waals surface area contributed by atoms with Gasteiger partial charge in [0.15, 0.2) is 0 Å². The first-order valence-corrected chi connectivity index (χ1v) is 10.3. The molecule has 0 saturated carbocycles. The highest BCUT2D eigenvalue weighted by Crippen LogP contribution is 2.37. The van der Waals surface area contributed by atoms with Crippen LogP contribution in [-0.4, -0.2) is 48.5 Å². The number of nitrogens with zero attached hydrogens (tertiary/aromatic N) is 1. The topological polar surface area (TPSA) is 30.9 Å². The van der Waals surface area contributed by atoms with Crippen molar-refractivity contribution in [1.29, 1.82) is 0 Å². The van der Waals surface area contributed by atoms with Crippen LogP contribution in [0.4, 0.5) is 0 Å². The number of hydrogen-bond acceptors (Lipinski definition) is 4. The molecule has 2 saturated heterocycles. The molecule has 2 aliphatic heterocycles. The van der Waals surface area contributed by atoms with Crippen LogP contribution in [0.3, 0.4) is 0 Å². The van der Waals surface area contributed by atoms with Crippen LogP contribution in [-0.2, 0) is 20.6 Å². The fraction of sp³-hybridized carbons (Fsp3) is 0.565. The van der Waals surface area contributed by atoms with E-state index in [9.17, 15) is 0 Å². The first kappa shape index (κ1) is 19.9. The Morgan fingerprint density at radius 3 is 2.18 bits per heavy atom. The molecular formula is C23H32BNO3. The quantitative estimate of drug-likeness (QED) is 0.758. The molecule has 0 atom stereocenters. The molecule has 28 heavy (non-hydrogen) atoms. The lowest BCUT2D eigenvalue weighted by Crippen LogP contribution is -2.52. The number of hydrogen-bond donors (Lipinski definition) is 0. The van der Waals surface area contributed by atoms with Gasteiger partial charge in [0.2, 0.25) is 0 Å². The number of rotatable bonds is 3. The van der Waals surface area contributed by atoms with E-state index in [4.69, 9.17) is 14.0 Å². The van der Waals surface area contributed by atoms with Crippen molar-refractivity contribution in [1.82, 2.24) is 4.90 Å². The van der Waals surface area contributed by atoms with E-state index >= 15 is 0 Å². The average Bonchev–Trinajstić information content (AvgIpc) is 2.84. The number of fused-ring (bicyclic) bond motifs is 1. The van der Waals surface area contributed by atoms with Gasteiger partial charge in [-0.25, -0.2) is 0 Å². The summed E-state index contributed by atoms with van der Waals surface area (Å²) in [5.41, 5.74) is 1.82. The summed E-state index contributed by atoms with van der Waals surface area (Å²) in [6.45, 7) is 16.4. The zero-order valence-electron chi connectivity index (χ0n) is 18.0. The minimum Gasteiger partial charge on any atom is -0.399 e. The van der Waals surface area contributed by atoms with Crippen molar-refractivity contribution in [3.63, 3.8) is 0 Å². The van der Waals surface area contributed by atoms with E-state index < -0.39 is 0 Å². The number of ether oxygens (including phenoxy) is 1. The molecule has 0 aromatic heterocycles. The maximum Gasteiger partial charge on any atom is 0.495 e. The number of benzene rings is 2. The van der Waals surface area contributed by atoms with E-state index in [1.165, 1.54) is 16.3 Å². The molecule has 2 heterocycles. The van der Waals surface area contributed by atoms with E-state index in [0.717, 1.165) is 31.8 Å². The van der Waals surface area contributed by atoms with Crippen LogP contribution in [0.25, 0.3) is 10.8 Å². The first-order valence-electron chi connectivity index (χ1n) is 10.3. The van der Waals surface area contributed by atoms with Gasteiger partial charge in [-0.3, -0.25) is 4.90 Å². The van der Waals surface area contributed by atoms with Crippen LogP contribution in [0.5, 0.6) is 0 Å². The van der Waals surface area contributed by atoms with Crippen molar-refractivity contribution < 1.29 is 14.0 Å². The third kappa shape index (κ3) is 3.39.